The summed E-state index contributed by atoms with van der Waals surface area (Å²) < 4.78 is 39.4. The minimum Gasteiger partial charge on any atom is -0.495 e. The van der Waals surface area contributed by atoms with E-state index in [9.17, 15) is 18.0 Å². The number of fused-ring (bicyclic) bond motifs is 1. The van der Waals surface area contributed by atoms with Crippen LogP contribution in [0.2, 0.25) is 0 Å². The molecule has 2 amide bonds. The largest absolute Gasteiger partial charge is 0.495 e. The van der Waals surface area contributed by atoms with E-state index in [0.717, 1.165) is 5.56 Å². The van der Waals surface area contributed by atoms with Crippen molar-refractivity contribution in [1.29, 1.82) is 0 Å². The Bertz CT molecular complexity index is 1390. The van der Waals surface area contributed by atoms with Crippen LogP contribution in [0.5, 0.6) is 11.5 Å². The number of rotatable bonds is 10. The standard InChI is InChI=1S/C28H31N3O6S/c1-3-16-30-38(34,35)26-18-21(13-14-24(26)36-2)28(33)31-19-25(37-23-12-8-7-11-22(23)31)27(32)29-17-15-20-9-5-4-6-10-20/h4-14,18,25,30H,3,15-17,19H2,1-2H3,(H,29,32)/t25-/m0/s1. The highest BCUT2D eigenvalue weighted by molar-refractivity contribution is 7.89. The first-order valence-corrected chi connectivity index (χ1v) is 13.9. The first-order chi connectivity index (χ1) is 18.3. The Morgan fingerprint density at radius 3 is 2.50 bits per heavy atom. The van der Waals surface area contributed by atoms with Gasteiger partial charge < -0.3 is 19.7 Å². The summed E-state index contributed by atoms with van der Waals surface area (Å²) in [5, 5.41) is 2.89. The van der Waals surface area contributed by atoms with Crippen molar-refractivity contribution in [3.05, 3.63) is 83.9 Å². The van der Waals surface area contributed by atoms with Gasteiger partial charge in [-0.25, -0.2) is 13.1 Å². The van der Waals surface area contributed by atoms with E-state index in [0.29, 0.717) is 30.8 Å². The molecule has 0 bridgehead atoms. The van der Waals surface area contributed by atoms with Crippen molar-refractivity contribution in [2.45, 2.75) is 30.8 Å². The van der Waals surface area contributed by atoms with E-state index in [1.54, 1.807) is 24.3 Å². The number of para-hydroxylation sites is 2. The zero-order valence-electron chi connectivity index (χ0n) is 21.3. The van der Waals surface area contributed by atoms with Crippen molar-refractivity contribution in [2.24, 2.45) is 0 Å². The molecule has 9 nitrogen and oxygen atoms in total. The molecule has 1 aliphatic heterocycles. The Kier molecular flexibility index (Phi) is 8.65. The molecule has 200 valence electrons. The molecule has 4 rings (SSSR count). The van der Waals surface area contributed by atoms with Gasteiger partial charge in [0.15, 0.2) is 6.10 Å². The van der Waals surface area contributed by atoms with Crippen LogP contribution in [-0.2, 0) is 21.2 Å². The fraction of sp³-hybridized carbons (Fsp3) is 0.286. The summed E-state index contributed by atoms with van der Waals surface area (Å²) in [6, 6.07) is 21.0. The molecule has 0 aromatic heterocycles. The van der Waals surface area contributed by atoms with E-state index in [1.807, 2.05) is 37.3 Å². The minimum absolute atomic E-state index is 0.0325. The molecule has 0 radical (unpaired) electrons. The van der Waals surface area contributed by atoms with Gasteiger partial charge >= 0.3 is 0 Å². The molecular formula is C28H31N3O6S. The van der Waals surface area contributed by atoms with Crippen molar-refractivity contribution >= 4 is 27.5 Å². The number of carbonyl (C=O) groups is 2. The van der Waals surface area contributed by atoms with Crippen LogP contribution in [-0.4, -0.2) is 53.1 Å². The van der Waals surface area contributed by atoms with Gasteiger partial charge in [0.2, 0.25) is 10.0 Å². The van der Waals surface area contributed by atoms with E-state index >= 15 is 0 Å². The molecule has 38 heavy (non-hydrogen) atoms. The van der Waals surface area contributed by atoms with E-state index in [4.69, 9.17) is 9.47 Å². The number of benzene rings is 3. The van der Waals surface area contributed by atoms with E-state index in [-0.39, 0.29) is 35.2 Å². The lowest BCUT2D eigenvalue weighted by Gasteiger charge is -2.34. The van der Waals surface area contributed by atoms with Crippen LogP contribution in [0.15, 0.2) is 77.7 Å². The third-order valence-electron chi connectivity index (χ3n) is 6.11. The number of anilines is 1. The van der Waals surface area contributed by atoms with Gasteiger partial charge in [0, 0.05) is 18.7 Å². The number of nitrogens with zero attached hydrogens (tertiary/aromatic N) is 1. The van der Waals surface area contributed by atoms with Crippen LogP contribution in [0, 0.1) is 0 Å². The van der Waals surface area contributed by atoms with Crippen LogP contribution >= 0.6 is 0 Å². The predicted molar refractivity (Wildman–Crippen MR) is 144 cm³/mol. The second kappa shape index (κ2) is 12.1. The van der Waals surface area contributed by atoms with Gasteiger partial charge in [-0.1, -0.05) is 49.4 Å². The fourth-order valence-corrected chi connectivity index (χ4v) is 5.47. The van der Waals surface area contributed by atoms with Crippen molar-refractivity contribution in [3.8, 4) is 11.5 Å². The molecule has 0 aliphatic carbocycles. The molecule has 0 spiro atoms. The van der Waals surface area contributed by atoms with E-state index < -0.39 is 22.0 Å². The van der Waals surface area contributed by atoms with Crippen molar-refractivity contribution in [2.75, 3.05) is 31.6 Å². The summed E-state index contributed by atoms with van der Waals surface area (Å²) in [7, 11) is -2.53. The van der Waals surface area contributed by atoms with Crippen LogP contribution in [0.3, 0.4) is 0 Å². The number of nitrogens with one attached hydrogen (secondary N) is 2. The molecule has 3 aromatic rings. The third-order valence-corrected chi connectivity index (χ3v) is 7.59. The quantitative estimate of drug-likeness (QED) is 0.411. The maximum atomic E-state index is 13.7. The summed E-state index contributed by atoms with van der Waals surface area (Å²) in [6.07, 6.45) is 0.338. The average molecular weight is 538 g/mol. The molecule has 1 heterocycles. The molecule has 3 aromatic carbocycles. The lowest BCUT2D eigenvalue weighted by molar-refractivity contribution is -0.127. The van der Waals surface area contributed by atoms with Gasteiger partial charge in [-0.05, 0) is 48.7 Å². The van der Waals surface area contributed by atoms with Gasteiger partial charge in [-0.2, -0.15) is 0 Å². The smallest absolute Gasteiger partial charge is 0.262 e. The average Bonchev–Trinajstić information content (AvgIpc) is 2.95. The fourth-order valence-electron chi connectivity index (χ4n) is 4.14. The Morgan fingerprint density at radius 2 is 1.76 bits per heavy atom. The van der Waals surface area contributed by atoms with Crippen LogP contribution in [0.1, 0.15) is 29.3 Å². The Morgan fingerprint density at radius 1 is 1.03 bits per heavy atom. The molecule has 2 N–H and O–H groups in total. The van der Waals surface area contributed by atoms with Gasteiger partial charge in [-0.15, -0.1) is 0 Å². The van der Waals surface area contributed by atoms with Gasteiger partial charge in [0.05, 0.1) is 19.3 Å². The van der Waals surface area contributed by atoms with Crippen molar-refractivity contribution < 1.29 is 27.5 Å². The minimum atomic E-state index is -3.90. The summed E-state index contributed by atoms with van der Waals surface area (Å²) in [4.78, 5) is 28.0. The number of hydrogen-bond acceptors (Lipinski definition) is 6. The molecule has 0 unspecified atom stereocenters. The van der Waals surface area contributed by atoms with Gasteiger partial charge in [0.25, 0.3) is 11.8 Å². The third kappa shape index (κ3) is 6.15. The zero-order chi connectivity index (χ0) is 27.1. The highest BCUT2D eigenvalue weighted by atomic mass is 32.2. The van der Waals surface area contributed by atoms with Crippen LogP contribution in [0.4, 0.5) is 5.69 Å². The topological polar surface area (TPSA) is 114 Å². The van der Waals surface area contributed by atoms with Crippen molar-refractivity contribution in [1.82, 2.24) is 10.0 Å². The maximum Gasteiger partial charge on any atom is 0.262 e. The molecular weight excluding hydrogens is 506 g/mol. The van der Waals surface area contributed by atoms with Gasteiger partial charge in [0.1, 0.15) is 16.4 Å². The van der Waals surface area contributed by atoms with Crippen molar-refractivity contribution in [3.63, 3.8) is 0 Å². The second-order valence-electron chi connectivity index (χ2n) is 8.78. The van der Waals surface area contributed by atoms with Crippen LogP contribution < -0.4 is 24.4 Å². The molecule has 0 saturated carbocycles. The van der Waals surface area contributed by atoms with Crippen LogP contribution in [0.25, 0.3) is 0 Å². The number of carbonyl (C=O) groups excluding carboxylic acids is 2. The number of sulfonamides is 1. The Balaban J connectivity index is 1.57. The highest BCUT2D eigenvalue weighted by Crippen LogP contribution is 2.35. The summed E-state index contributed by atoms with van der Waals surface area (Å²) in [5.41, 5.74) is 1.73. The summed E-state index contributed by atoms with van der Waals surface area (Å²) in [5.74, 6) is -0.281. The molecule has 1 aliphatic rings. The van der Waals surface area contributed by atoms with E-state index in [2.05, 4.69) is 10.0 Å². The number of methoxy groups -OCH3 is 1. The molecule has 1 atom stereocenters. The second-order valence-corrected chi connectivity index (χ2v) is 10.5. The molecule has 10 heteroatoms. The number of ether oxygens (including phenoxy) is 2. The first-order valence-electron chi connectivity index (χ1n) is 12.4. The highest BCUT2D eigenvalue weighted by Gasteiger charge is 2.34. The summed E-state index contributed by atoms with van der Waals surface area (Å²) in [6.45, 7) is 2.49. The lowest BCUT2D eigenvalue weighted by Crippen LogP contribution is -2.51. The normalized spacial score (nSPS) is 14.8. The van der Waals surface area contributed by atoms with Gasteiger partial charge in [-0.3, -0.25) is 9.59 Å². The zero-order valence-corrected chi connectivity index (χ0v) is 22.2. The first kappa shape index (κ1) is 27.2. The SMILES string of the molecule is CCCNS(=O)(=O)c1cc(C(=O)N2C[C@@H](C(=O)NCCc3ccccc3)Oc3ccccc32)ccc1OC. The molecule has 0 saturated heterocycles. The van der Waals surface area contributed by atoms with E-state index in [1.165, 1.54) is 30.2 Å². The lowest BCUT2D eigenvalue weighted by atomic mass is 10.1. The number of amides is 2. The number of hydrogen-bond donors (Lipinski definition) is 2. The monoisotopic (exact) mass is 537 g/mol. The molecule has 0 fully saturated rings. The Labute approximate surface area is 222 Å². The maximum absolute atomic E-state index is 13.7. The summed E-state index contributed by atoms with van der Waals surface area (Å²) >= 11 is 0. The Hall–Kier alpha value is -3.89. The predicted octanol–water partition coefficient (Wildman–Crippen LogP) is 3.15.